The molecule has 0 N–H and O–H groups in total. The van der Waals surface area contributed by atoms with E-state index in [1.165, 1.54) is 23.5 Å². The zero-order valence-electron chi connectivity index (χ0n) is 12.7. The van der Waals surface area contributed by atoms with Crippen molar-refractivity contribution in [3.8, 4) is 5.75 Å². The summed E-state index contributed by atoms with van der Waals surface area (Å²) in [7, 11) is 3.42. The Morgan fingerprint density at radius 1 is 1.14 bits per heavy atom. The summed E-state index contributed by atoms with van der Waals surface area (Å²) in [4.78, 5) is 0. The van der Waals surface area contributed by atoms with Gasteiger partial charge in [0.15, 0.2) is 0 Å². The molecule has 5 heteroatoms. The predicted octanol–water partition coefficient (Wildman–Crippen LogP) is 3.81. The van der Waals surface area contributed by atoms with Gasteiger partial charge >= 0.3 is 0 Å². The first-order valence-corrected chi connectivity index (χ1v) is 9.38. The first-order chi connectivity index (χ1) is 10.3. The number of hydrogen-bond acceptors (Lipinski definition) is 5. The van der Waals surface area contributed by atoms with Gasteiger partial charge in [0.05, 0.1) is 31.0 Å². The number of ether oxygens (including phenoxy) is 3. The van der Waals surface area contributed by atoms with Crippen molar-refractivity contribution < 1.29 is 14.2 Å². The smallest absolute Gasteiger partial charge is 0.118 e. The van der Waals surface area contributed by atoms with Gasteiger partial charge in [-0.1, -0.05) is 12.1 Å². The number of methoxy groups -OCH3 is 2. The van der Waals surface area contributed by atoms with Gasteiger partial charge in [-0.2, -0.15) is 0 Å². The molecule has 0 saturated carbocycles. The Morgan fingerprint density at radius 3 is 2.48 bits per heavy atom. The third kappa shape index (κ3) is 6.10. The van der Waals surface area contributed by atoms with E-state index in [1.807, 2.05) is 24.3 Å². The average Bonchev–Trinajstić information content (AvgIpc) is 2.54. The fraction of sp³-hybridized carbons (Fsp3) is 0.625. The van der Waals surface area contributed by atoms with E-state index in [2.05, 4.69) is 23.5 Å². The van der Waals surface area contributed by atoms with Crippen molar-refractivity contribution in [3.05, 3.63) is 29.8 Å². The molecule has 1 aliphatic heterocycles. The van der Waals surface area contributed by atoms with Crippen LogP contribution >= 0.6 is 23.5 Å². The van der Waals surface area contributed by atoms with E-state index in [-0.39, 0.29) is 6.10 Å². The highest BCUT2D eigenvalue weighted by Crippen LogP contribution is 2.34. The van der Waals surface area contributed by atoms with Crippen molar-refractivity contribution in [2.45, 2.75) is 30.1 Å². The Balaban J connectivity index is 1.80. The first-order valence-electron chi connectivity index (χ1n) is 7.28. The van der Waals surface area contributed by atoms with E-state index in [1.54, 1.807) is 14.2 Å². The molecule has 2 rings (SSSR count). The molecule has 1 aliphatic rings. The fourth-order valence-electron chi connectivity index (χ4n) is 2.19. The van der Waals surface area contributed by atoms with Crippen molar-refractivity contribution in [3.63, 3.8) is 0 Å². The predicted molar refractivity (Wildman–Crippen MR) is 91.4 cm³/mol. The summed E-state index contributed by atoms with van der Waals surface area (Å²) in [5.74, 6) is 3.42. The Labute approximate surface area is 136 Å². The van der Waals surface area contributed by atoms with Crippen molar-refractivity contribution >= 4 is 23.5 Å². The maximum Gasteiger partial charge on any atom is 0.118 e. The molecule has 0 radical (unpaired) electrons. The third-order valence-electron chi connectivity index (χ3n) is 3.35. The molecule has 0 spiro atoms. The van der Waals surface area contributed by atoms with Crippen LogP contribution in [0.5, 0.6) is 5.75 Å². The molecule has 0 bridgehead atoms. The minimum Gasteiger partial charge on any atom is -0.497 e. The summed E-state index contributed by atoms with van der Waals surface area (Å²) in [6.07, 6.45) is 2.55. The second-order valence-corrected chi connectivity index (χ2v) is 7.92. The maximum atomic E-state index is 6.05. The van der Waals surface area contributed by atoms with Crippen LogP contribution in [0.4, 0.5) is 0 Å². The quantitative estimate of drug-likeness (QED) is 0.723. The van der Waals surface area contributed by atoms with Crippen LogP contribution < -0.4 is 4.74 Å². The first kappa shape index (κ1) is 17.0. The van der Waals surface area contributed by atoms with Gasteiger partial charge < -0.3 is 14.2 Å². The SMILES string of the molecule is COCC(CC1SCCCS1)OCc1ccc(OC)cc1. The van der Waals surface area contributed by atoms with Crippen LogP contribution in [0.1, 0.15) is 18.4 Å². The van der Waals surface area contributed by atoms with Crippen LogP contribution in [0.25, 0.3) is 0 Å². The lowest BCUT2D eigenvalue weighted by Gasteiger charge is -2.25. The van der Waals surface area contributed by atoms with Crippen molar-refractivity contribution in [2.75, 3.05) is 32.3 Å². The van der Waals surface area contributed by atoms with Crippen LogP contribution in [-0.4, -0.2) is 43.0 Å². The van der Waals surface area contributed by atoms with Gasteiger partial charge in [0, 0.05) is 7.11 Å². The monoisotopic (exact) mass is 328 g/mol. The van der Waals surface area contributed by atoms with Gasteiger partial charge in [-0.3, -0.25) is 0 Å². The van der Waals surface area contributed by atoms with Crippen molar-refractivity contribution in [1.29, 1.82) is 0 Å². The Morgan fingerprint density at radius 2 is 1.86 bits per heavy atom. The molecule has 0 aromatic heterocycles. The summed E-state index contributed by atoms with van der Waals surface area (Å²) in [5, 5.41) is 0. The normalized spacial score (nSPS) is 17.6. The van der Waals surface area contributed by atoms with Gasteiger partial charge in [-0.05, 0) is 42.0 Å². The lowest BCUT2D eigenvalue weighted by atomic mass is 10.2. The van der Waals surface area contributed by atoms with E-state index in [9.17, 15) is 0 Å². The second kappa shape index (κ2) is 9.62. The molecular formula is C16H24O3S2. The number of thioether (sulfide) groups is 2. The highest BCUT2D eigenvalue weighted by molar-refractivity contribution is 8.17. The van der Waals surface area contributed by atoms with E-state index in [0.29, 0.717) is 17.8 Å². The molecule has 1 heterocycles. The van der Waals surface area contributed by atoms with E-state index in [4.69, 9.17) is 14.2 Å². The molecule has 118 valence electrons. The average molecular weight is 328 g/mol. The molecule has 1 aromatic rings. The molecule has 1 atom stereocenters. The molecule has 1 unspecified atom stereocenters. The Hall–Kier alpha value is -0.360. The van der Waals surface area contributed by atoms with Crippen molar-refractivity contribution in [1.82, 2.24) is 0 Å². The van der Waals surface area contributed by atoms with Crippen molar-refractivity contribution in [2.24, 2.45) is 0 Å². The third-order valence-corrected chi connectivity index (χ3v) is 6.34. The highest BCUT2D eigenvalue weighted by Gasteiger charge is 2.20. The Kier molecular flexibility index (Phi) is 7.78. The maximum absolute atomic E-state index is 6.05. The molecule has 21 heavy (non-hydrogen) atoms. The summed E-state index contributed by atoms with van der Waals surface area (Å²) >= 11 is 4.11. The van der Waals surface area contributed by atoms with Crippen LogP contribution in [0.2, 0.25) is 0 Å². The zero-order valence-corrected chi connectivity index (χ0v) is 14.4. The van der Waals surface area contributed by atoms with Crippen LogP contribution in [0, 0.1) is 0 Å². The van der Waals surface area contributed by atoms with E-state index in [0.717, 1.165) is 12.2 Å². The minimum atomic E-state index is 0.167. The number of rotatable bonds is 8. The Bertz CT molecular complexity index is 391. The highest BCUT2D eigenvalue weighted by atomic mass is 32.2. The summed E-state index contributed by atoms with van der Waals surface area (Å²) < 4.78 is 17.2. The summed E-state index contributed by atoms with van der Waals surface area (Å²) in [5.41, 5.74) is 1.17. The van der Waals surface area contributed by atoms with Gasteiger partial charge in [-0.25, -0.2) is 0 Å². The molecule has 1 fully saturated rings. The number of hydrogen-bond donors (Lipinski definition) is 0. The summed E-state index contributed by atoms with van der Waals surface area (Å²) in [6.45, 7) is 1.29. The molecule has 1 aromatic carbocycles. The van der Waals surface area contributed by atoms with Gasteiger partial charge in [-0.15, -0.1) is 23.5 Å². The standard InChI is InChI=1S/C16H24O3S2/c1-17-12-15(10-16-20-8-3-9-21-16)19-11-13-4-6-14(18-2)7-5-13/h4-7,15-16H,3,8-12H2,1-2H3. The van der Waals surface area contributed by atoms with Crippen LogP contribution in [0.3, 0.4) is 0 Å². The van der Waals surface area contributed by atoms with Gasteiger partial charge in [0.25, 0.3) is 0 Å². The summed E-state index contributed by atoms with van der Waals surface area (Å²) in [6, 6.07) is 8.04. The van der Waals surface area contributed by atoms with Gasteiger partial charge in [0.1, 0.15) is 5.75 Å². The van der Waals surface area contributed by atoms with Gasteiger partial charge in [0.2, 0.25) is 0 Å². The molecule has 3 nitrogen and oxygen atoms in total. The number of benzene rings is 1. The molecule has 0 amide bonds. The second-order valence-electron chi connectivity index (χ2n) is 5.00. The lowest BCUT2D eigenvalue weighted by molar-refractivity contribution is -0.0131. The molecule has 0 aliphatic carbocycles. The minimum absolute atomic E-state index is 0.167. The molecule has 1 saturated heterocycles. The topological polar surface area (TPSA) is 27.7 Å². The largest absolute Gasteiger partial charge is 0.497 e. The van der Waals surface area contributed by atoms with E-state index < -0.39 is 0 Å². The zero-order chi connectivity index (χ0) is 14.9. The fourth-order valence-corrected chi connectivity index (χ4v) is 5.19. The van der Waals surface area contributed by atoms with Crippen LogP contribution in [-0.2, 0) is 16.1 Å². The molecular weight excluding hydrogens is 304 g/mol. The van der Waals surface area contributed by atoms with E-state index >= 15 is 0 Å². The lowest BCUT2D eigenvalue weighted by Crippen LogP contribution is -2.24. The van der Waals surface area contributed by atoms with Crippen LogP contribution in [0.15, 0.2) is 24.3 Å².